The number of para-hydroxylation sites is 1. The minimum atomic E-state index is -0.473. The normalized spacial score (nSPS) is 18.4. The Morgan fingerprint density at radius 2 is 1.20 bits per heavy atom. The third-order valence-electron chi connectivity index (χ3n) is 12.9. The van der Waals surface area contributed by atoms with Crippen molar-refractivity contribution in [2.75, 3.05) is 0 Å². The summed E-state index contributed by atoms with van der Waals surface area (Å²) < 4.78 is 6.76. The Morgan fingerprint density at radius 1 is 0.517 bits per heavy atom. The lowest BCUT2D eigenvalue weighted by molar-refractivity contribution is 0.435. The molecule has 4 aliphatic rings. The Kier molecular flexibility index (Phi) is 7.96. The Labute approximate surface area is 350 Å². The Hall–Kier alpha value is -7.49. The first-order chi connectivity index (χ1) is 29.7. The number of aliphatic imine (C=N–C) groups is 1. The van der Waals surface area contributed by atoms with Crippen molar-refractivity contribution in [1.29, 1.82) is 0 Å². The number of fused-ring (bicyclic) bond motifs is 9. The Balaban J connectivity index is 0.998. The van der Waals surface area contributed by atoms with Crippen LogP contribution >= 0.6 is 0 Å². The summed E-state index contributed by atoms with van der Waals surface area (Å²) in [5, 5.41) is 6.29. The number of benzene rings is 8. The Bertz CT molecular complexity index is 3150. The molecule has 2 unspecified atom stereocenters. The van der Waals surface area contributed by atoms with Crippen LogP contribution in [-0.4, -0.2) is 5.84 Å². The van der Waals surface area contributed by atoms with E-state index < -0.39 is 5.41 Å². The number of nitrogens with one attached hydrogen (secondary N) is 1. The van der Waals surface area contributed by atoms with E-state index in [-0.39, 0.29) is 6.04 Å². The first-order valence-corrected chi connectivity index (χ1v) is 21.0. The standard InChI is InChI=1S/C57H40N2O/c1-3-16-37(17-4-1)42-31-32-47(44-23-8-7-22-43(42)44)53-36-52(58-56(59-53)38-18-5-2-6-19-38)41-21-15-20-39(34-41)40-30-33-55-51(35-40)57(50-28-13-14-29-54(50)60-55)48-26-11-9-24-45(48)46-25-10-12-27-49(46)57/h1-9,11-24,26-36,53H,10,25H2,(H,58,59). The molecule has 1 spiro atoms. The SMILES string of the molecule is C1=CC2=C(CC1)c1ccccc1C21c2ccccc2Oc2ccc(-c3cccc(C4=CC(c5ccc(-c6ccccc6)c6ccccc56)NC(c5ccccc5)=N4)c3)cc21. The molecule has 2 heterocycles. The number of amidine groups is 1. The second-order valence-electron chi connectivity index (χ2n) is 16.1. The fourth-order valence-corrected chi connectivity index (χ4v) is 10.2. The molecule has 3 heteroatoms. The maximum atomic E-state index is 6.76. The average Bonchev–Trinajstić information content (AvgIpc) is 3.62. The zero-order valence-electron chi connectivity index (χ0n) is 33.0. The summed E-state index contributed by atoms with van der Waals surface area (Å²) in [7, 11) is 0. The predicted molar refractivity (Wildman–Crippen MR) is 246 cm³/mol. The van der Waals surface area contributed by atoms with Crippen LogP contribution in [0.5, 0.6) is 11.5 Å². The van der Waals surface area contributed by atoms with Crippen LogP contribution in [0.3, 0.4) is 0 Å². The van der Waals surface area contributed by atoms with Crippen molar-refractivity contribution < 1.29 is 4.74 Å². The van der Waals surface area contributed by atoms with Crippen molar-refractivity contribution in [2.45, 2.75) is 24.3 Å². The van der Waals surface area contributed by atoms with Gasteiger partial charge in [0.05, 0.1) is 17.2 Å². The number of nitrogens with zero attached hydrogens (tertiary/aromatic N) is 1. The van der Waals surface area contributed by atoms with Gasteiger partial charge >= 0.3 is 0 Å². The highest BCUT2D eigenvalue weighted by molar-refractivity contribution is 6.05. The summed E-state index contributed by atoms with van der Waals surface area (Å²) in [6.45, 7) is 0. The largest absolute Gasteiger partial charge is 0.457 e. The zero-order valence-corrected chi connectivity index (χ0v) is 33.0. The molecule has 0 radical (unpaired) electrons. The van der Waals surface area contributed by atoms with Gasteiger partial charge in [0.2, 0.25) is 0 Å². The van der Waals surface area contributed by atoms with Gasteiger partial charge in [-0.2, -0.15) is 0 Å². The molecular weight excluding hydrogens is 729 g/mol. The highest BCUT2D eigenvalue weighted by atomic mass is 16.5. The second kappa shape index (κ2) is 13.8. The van der Waals surface area contributed by atoms with E-state index >= 15 is 0 Å². The first kappa shape index (κ1) is 34.5. The van der Waals surface area contributed by atoms with Crippen LogP contribution in [-0.2, 0) is 5.41 Å². The fraction of sp³-hybridized carbons (Fsp3) is 0.0702. The van der Waals surface area contributed by atoms with E-state index in [1.54, 1.807) is 0 Å². The topological polar surface area (TPSA) is 33.6 Å². The minimum absolute atomic E-state index is 0.111. The van der Waals surface area contributed by atoms with Crippen molar-refractivity contribution in [2.24, 2.45) is 4.99 Å². The lowest BCUT2D eigenvalue weighted by Crippen LogP contribution is -2.33. The van der Waals surface area contributed by atoms with Crippen LogP contribution in [0.2, 0.25) is 0 Å². The van der Waals surface area contributed by atoms with Gasteiger partial charge in [-0.05, 0) is 104 Å². The highest BCUT2D eigenvalue weighted by Crippen LogP contribution is 2.63. The molecule has 2 aliphatic heterocycles. The molecule has 0 saturated carbocycles. The highest BCUT2D eigenvalue weighted by Gasteiger charge is 2.51. The van der Waals surface area contributed by atoms with Gasteiger partial charge in [0.15, 0.2) is 0 Å². The molecule has 2 aliphatic carbocycles. The van der Waals surface area contributed by atoms with E-state index in [2.05, 4.69) is 212 Å². The molecular formula is C57H40N2O. The van der Waals surface area contributed by atoms with Crippen LogP contribution in [0.25, 0.3) is 44.3 Å². The minimum Gasteiger partial charge on any atom is -0.457 e. The van der Waals surface area contributed by atoms with Gasteiger partial charge in [-0.1, -0.05) is 176 Å². The maximum absolute atomic E-state index is 6.76. The number of hydrogen-bond acceptors (Lipinski definition) is 3. The zero-order chi connectivity index (χ0) is 39.6. The van der Waals surface area contributed by atoms with Gasteiger partial charge in [-0.3, -0.25) is 0 Å². The van der Waals surface area contributed by atoms with Crippen molar-refractivity contribution in [1.82, 2.24) is 5.32 Å². The van der Waals surface area contributed by atoms with Crippen LogP contribution in [0.1, 0.15) is 57.8 Å². The predicted octanol–water partition coefficient (Wildman–Crippen LogP) is 13.9. The molecule has 284 valence electrons. The van der Waals surface area contributed by atoms with Crippen molar-refractivity contribution in [3.05, 3.63) is 251 Å². The maximum Gasteiger partial charge on any atom is 0.134 e. The number of hydrogen-bond donors (Lipinski definition) is 1. The number of rotatable bonds is 5. The summed E-state index contributed by atoms with van der Waals surface area (Å²) in [5.74, 6) is 2.68. The summed E-state index contributed by atoms with van der Waals surface area (Å²) in [4.78, 5) is 5.33. The van der Waals surface area contributed by atoms with E-state index in [0.717, 1.165) is 58.1 Å². The quantitative estimate of drug-likeness (QED) is 0.189. The van der Waals surface area contributed by atoms with E-state index in [4.69, 9.17) is 9.73 Å². The molecule has 8 aromatic carbocycles. The molecule has 0 aromatic heterocycles. The van der Waals surface area contributed by atoms with Crippen LogP contribution in [0.4, 0.5) is 0 Å². The third-order valence-corrected chi connectivity index (χ3v) is 12.9. The van der Waals surface area contributed by atoms with Crippen molar-refractivity contribution >= 4 is 27.9 Å². The van der Waals surface area contributed by atoms with Gasteiger partial charge < -0.3 is 10.1 Å². The van der Waals surface area contributed by atoms with Crippen molar-refractivity contribution in [3.63, 3.8) is 0 Å². The van der Waals surface area contributed by atoms with Gasteiger partial charge in [-0.25, -0.2) is 4.99 Å². The summed E-state index contributed by atoms with van der Waals surface area (Å²) in [5.41, 5.74) is 16.4. The second-order valence-corrected chi connectivity index (χ2v) is 16.1. The first-order valence-electron chi connectivity index (χ1n) is 21.0. The molecule has 0 saturated heterocycles. The lowest BCUT2D eigenvalue weighted by Gasteiger charge is -2.40. The van der Waals surface area contributed by atoms with E-state index in [1.165, 1.54) is 60.9 Å². The van der Waals surface area contributed by atoms with Gasteiger partial charge in [0.25, 0.3) is 0 Å². The van der Waals surface area contributed by atoms with Gasteiger partial charge in [0.1, 0.15) is 17.3 Å². The molecule has 0 bridgehead atoms. The monoisotopic (exact) mass is 768 g/mol. The van der Waals surface area contributed by atoms with E-state index in [1.807, 2.05) is 0 Å². The Morgan fingerprint density at radius 3 is 2.07 bits per heavy atom. The van der Waals surface area contributed by atoms with Gasteiger partial charge in [0, 0.05) is 22.3 Å². The molecule has 3 nitrogen and oxygen atoms in total. The number of allylic oxidation sites excluding steroid dienone is 4. The summed E-state index contributed by atoms with van der Waals surface area (Å²) >= 11 is 0. The average molecular weight is 769 g/mol. The lowest BCUT2D eigenvalue weighted by atomic mass is 9.64. The fourth-order valence-electron chi connectivity index (χ4n) is 10.2. The van der Waals surface area contributed by atoms with Crippen LogP contribution in [0, 0.1) is 0 Å². The molecule has 2 atom stereocenters. The van der Waals surface area contributed by atoms with E-state index in [0.29, 0.717) is 0 Å². The van der Waals surface area contributed by atoms with E-state index in [9.17, 15) is 0 Å². The molecule has 8 aromatic rings. The van der Waals surface area contributed by atoms with Crippen LogP contribution in [0.15, 0.2) is 217 Å². The summed E-state index contributed by atoms with van der Waals surface area (Å²) in [6.07, 6.45) is 9.12. The molecule has 60 heavy (non-hydrogen) atoms. The smallest absolute Gasteiger partial charge is 0.134 e. The molecule has 12 rings (SSSR count). The molecule has 0 fully saturated rings. The third kappa shape index (κ3) is 5.32. The van der Waals surface area contributed by atoms with Crippen LogP contribution < -0.4 is 10.1 Å². The number of ether oxygens (including phenoxy) is 1. The van der Waals surface area contributed by atoms with Gasteiger partial charge in [-0.15, -0.1) is 0 Å². The van der Waals surface area contributed by atoms with Crippen molar-refractivity contribution in [3.8, 4) is 33.8 Å². The molecule has 0 amide bonds. The summed E-state index contributed by atoms with van der Waals surface area (Å²) in [6, 6.07) is 67.6. The molecule has 1 N–H and O–H groups in total.